The van der Waals surface area contributed by atoms with Crippen LogP contribution in [-0.2, 0) is 19.1 Å². The summed E-state index contributed by atoms with van der Waals surface area (Å²) in [5, 5.41) is 13.4. The first-order valence-electron chi connectivity index (χ1n) is 11.5. The number of benzene rings is 2. The van der Waals surface area contributed by atoms with Crippen molar-refractivity contribution in [2.24, 2.45) is 0 Å². The Labute approximate surface area is 209 Å². The third kappa shape index (κ3) is 7.48. The van der Waals surface area contributed by atoms with Crippen LogP contribution < -0.4 is 15.0 Å². The highest BCUT2D eigenvalue weighted by molar-refractivity contribution is 6.31. The number of aliphatic hydroxyl groups excluding tert-OH is 1. The smallest absolute Gasteiger partial charge is 0.305 e. The monoisotopic (exact) mass is 500 g/mol. The number of hydrogen-bond acceptors (Lipinski definition) is 6. The van der Waals surface area contributed by atoms with E-state index in [1.807, 2.05) is 0 Å². The van der Waals surface area contributed by atoms with Gasteiger partial charge in [0.15, 0.2) is 0 Å². The molecule has 186 valence electrons. The Hall–Kier alpha value is -3.52. The largest absolute Gasteiger partial charge is 0.509 e. The van der Waals surface area contributed by atoms with Gasteiger partial charge in [0.25, 0.3) is 11.8 Å². The van der Waals surface area contributed by atoms with Gasteiger partial charge in [0.2, 0.25) is 0 Å². The lowest BCUT2D eigenvalue weighted by Crippen LogP contribution is -2.30. The zero-order chi connectivity index (χ0) is 25.2. The van der Waals surface area contributed by atoms with Crippen LogP contribution in [0, 0.1) is 0 Å². The number of aliphatic hydroxyl groups is 1. The quantitative estimate of drug-likeness (QED) is 0.240. The van der Waals surface area contributed by atoms with Crippen LogP contribution in [-0.4, -0.2) is 43.2 Å². The molecule has 0 bridgehead atoms. The molecule has 9 heteroatoms. The minimum absolute atomic E-state index is 0.0821. The van der Waals surface area contributed by atoms with Crippen LogP contribution in [0.4, 0.5) is 11.4 Å². The van der Waals surface area contributed by atoms with Gasteiger partial charge in [-0.2, -0.15) is 0 Å². The number of carbonyl (C=O) groups excluding carboxylic acids is 3. The van der Waals surface area contributed by atoms with Gasteiger partial charge in [-0.1, -0.05) is 30.9 Å². The Morgan fingerprint density at radius 1 is 1.00 bits per heavy atom. The van der Waals surface area contributed by atoms with Crippen molar-refractivity contribution in [2.75, 3.05) is 30.5 Å². The summed E-state index contributed by atoms with van der Waals surface area (Å²) < 4.78 is 10.3. The Balaban J connectivity index is 1.42. The molecular weight excluding hydrogens is 472 g/mol. The SMILES string of the molecule is COC(=O)CCCCCCCOc1ccc(NC(=O)C2=C(O)CN(c3ccc(Cl)cc3)C2=O)cc1. The number of carbonyl (C=O) groups is 3. The Morgan fingerprint density at radius 2 is 1.66 bits per heavy atom. The first kappa shape index (κ1) is 26.1. The van der Waals surface area contributed by atoms with Gasteiger partial charge in [-0.25, -0.2) is 0 Å². The van der Waals surface area contributed by atoms with Crippen LogP contribution in [0.5, 0.6) is 5.75 Å². The number of ether oxygens (including phenoxy) is 2. The van der Waals surface area contributed by atoms with Crippen molar-refractivity contribution in [3.05, 3.63) is 64.9 Å². The predicted octanol–water partition coefficient (Wildman–Crippen LogP) is 5.03. The van der Waals surface area contributed by atoms with Crippen LogP contribution in [0.25, 0.3) is 0 Å². The molecular formula is C26H29ClN2O6. The van der Waals surface area contributed by atoms with Crippen molar-refractivity contribution in [2.45, 2.75) is 38.5 Å². The van der Waals surface area contributed by atoms with E-state index in [0.29, 0.717) is 35.2 Å². The van der Waals surface area contributed by atoms with E-state index in [2.05, 4.69) is 10.1 Å². The second-order valence-electron chi connectivity index (χ2n) is 8.11. The highest BCUT2D eigenvalue weighted by atomic mass is 35.5. The van der Waals surface area contributed by atoms with E-state index < -0.39 is 11.8 Å². The third-order valence-electron chi connectivity index (χ3n) is 5.55. The van der Waals surface area contributed by atoms with E-state index in [-0.39, 0.29) is 23.8 Å². The topological polar surface area (TPSA) is 105 Å². The van der Waals surface area contributed by atoms with Gasteiger partial charge in [0.05, 0.1) is 20.3 Å². The van der Waals surface area contributed by atoms with E-state index in [1.165, 1.54) is 12.0 Å². The molecule has 0 fully saturated rings. The molecule has 0 saturated heterocycles. The molecule has 0 aliphatic carbocycles. The molecule has 0 radical (unpaired) electrons. The van der Waals surface area contributed by atoms with Gasteiger partial charge < -0.3 is 24.8 Å². The number of unbranched alkanes of at least 4 members (excludes halogenated alkanes) is 4. The maximum atomic E-state index is 12.7. The molecule has 0 aromatic heterocycles. The number of methoxy groups -OCH3 is 1. The number of halogens is 1. The number of nitrogens with zero attached hydrogens (tertiary/aromatic N) is 1. The fourth-order valence-corrected chi connectivity index (χ4v) is 3.76. The zero-order valence-electron chi connectivity index (χ0n) is 19.6. The summed E-state index contributed by atoms with van der Waals surface area (Å²) in [6.07, 6.45) is 5.21. The van der Waals surface area contributed by atoms with Gasteiger partial charge >= 0.3 is 5.97 Å². The lowest BCUT2D eigenvalue weighted by Gasteiger charge is -2.16. The lowest BCUT2D eigenvalue weighted by atomic mass is 10.1. The van der Waals surface area contributed by atoms with Crippen molar-refractivity contribution in [3.8, 4) is 5.75 Å². The zero-order valence-corrected chi connectivity index (χ0v) is 20.3. The number of nitrogens with one attached hydrogen (secondary N) is 1. The fourth-order valence-electron chi connectivity index (χ4n) is 3.64. The molecule has 1 aliphatic heterocycles. The summed E-state index contributed by atoms with van der Waals surface area (Å²) in [4.78, 5) is 37.8. The van der Waals surface area contributed by atoms with E-state index in [1.54, 1.807) is 48.5 Å². The second kappa shape index (κ2) is 12.8. The standard InChI is InChI=1S/C26H29ClN2O6/c1-34-23(31)7-5-3-2-4-6-16-35-21-14-10-19(11-15-21)28-25(32)24-22(30)17-29(26(24)33)20-12-8-18(27)9-13-20/h8-15,30H,2-7,16-17H2,1H3,(H,28,32). The molecule has 0 unspecified atom stereocenters. The van der Waals surface area contributed by atoms with Crippen LogP contribution >= 0.6 is 11.6 Å². The first-order valence-corrected chi connectivity index (χ1v) is 11.9. The fraction of sp³-hybridized carbons (Fsp3) is 0.346. The van der Waals surface area contributed by atoms with E-state index in [4.69, 9.17) is 16.3 Å². The van der Waals surface area contributed by atoms with Gasteiger partial charge in [-0.3, -0.25) is 14.4 Å². The van der Waals surface area contributed by atoms with Crippen LogP contribution in [0.3, 0.4) is 0 Å². The Bertz CT molecular complexity index is 1070. The maximum absolute atomic E-state index is 12.7. The molecule has 35 heavy (non-hydrogen) atoms. The predicted molar refractivity (Wildman–Crippen MR) is 134 cm³/mol. The minimum atomic E-state index is -0.676. The van der Waals surface area contributed by atoms with Gasteiger partial charge in [-0.15, -0.1) is 0 Å². The normalized spacial score (nSPS) is 13.2. The molecule has 3 rings (SSSR count). The summed E-state index contributed by atoms with van der Waals surface area (Å²) in [7, 11) is 1.40. The maximum Gasteiger partial charge on any atom is 0.305 e. The van der Waals surface area contributed by atoms with E-state index >= 15 is 0 Å². The molecule has 0 spiro atoms. The van der Waals surface area contributed by atoms with Gasteiger partial charge in [0.1, 0.15) is 17.1 Å². The summed E-state index contributed by atoms with van der Waals surface area (Å²) in [5.41, 5.74) is 0.731. The van der Waals surface area contributed by atoms with Crippen LogP contribution in [0.2, 0.25) is 5.02 Å². The van der Waals surface area contributed by atoms with Crippen molar-refractivity contribution < 1.29 is 29.0 Å². The van der Waals surface area contributed by atoms with Gasteiger partial charge in [0, 0.05) is 22.8 Å². The number of esters is 1. The number of rotatable bonds is 12. The third-order valence-corrected chi connectivity index (χ3v) is 5.81. The molecule has 2 aromatic carbocycles. The van der Waals surface area contributed by atoms with Gasteiger partial charge in [-0.05, 0) is 61.4 Å². The molecule has 2 N–H and O–H groups in total. The Kier molecular flexibility index (Phi) is 9.55. The number of hydrogen-bond donors (Lipinski definition) is 2. The van der Waals surface area contributed by atoms with E-state index in [0.717, 1.165) is 32.1 Å². The molecule has 8 nitrogen and oxygen atoms in total. The minimum Gasteiger partial charge on any atom is -0.509 e. The highest BCUT2D eigenvalue weighted by Crippen LogP contribution is 2.27. The molecule has 0 atom stereocenters. The van der Waals surface area contributed by atoms with Crippen LogP contribution in [0.1, 0.15) is 38.5 Å². The van der Waals surface area contributed by atoms with Crippen LogP contribution in [0.15, 0.2) is 59.9 Å². The molecule has 2 aromatic rings. The van der Waals surface area contributed by atoms with E-state index in [9.17, 15) is 19.5 Å². The van der Waals surface area contributed by atoms with Crippen molar-refractivity contribution in [1.82, 2.24) is 0 Å². The van der Waals surface area contributed by atoms with Crippen molar-refractivity contribution in [1.29, 1.82) is 0 Å². The average Bonchev–Trinajstić information content (AvgIpc) is 3.15. The number of anilines is 2. The molecule has 0 saturated carbocycles. The highest BCUT2D eigenvalue weighted by Gasteiger charge is 2.36. The summed E-state index contributed by atoms with van der Waals surface area (Å²) in [6.45, 7) is 0.486. The molecule has 1 heterocycles. The van der Waals surface area contributed by atoms with Crippen molar-refractivity contribution >= 4 is 40.8 Å². The average molecular weight is 501 g/mol. The summed E-state index contributed by atoms with van der Waals surface area (Å²) >= 11 is 5.89. The number of amides is 2. The van der Waals surface area contributed by atoms with Crippen molar-refractivity contribution in [3.63, 3.8) is 0 Å². The summed E-state index contributed by atoms with van der Waals surface area (Å²) in [5.74, 6) is -1.04. The Morgan fingerprint density at radius 3 is 2.34 bits per heavy atom. The summed E-state index contributed by atoms with van der Waals surface area (Å²) in [6, 6.07) is 13.4. The molecule has 2 amide bonds. The second-order valence-corrected chi connectivity index (χ2v) is 8.55. The lowest BCUT2D eigenvalue weighted by molar-refractivity contribution is -0.140. The molecule has 1 aliphatic rings. The first-order chi connectivity index (χ1) is 16.9.